The maximum absolute atomic E-state index is 13.0. The van der Waals surface area contributed by atoms with Gasteiger partial charge in [0.25, 0.3) is 0 Å². The number of methoxy groups -OCH3 is 1. The van der Waals surface area contributed by atoms with Crippen LogP contribution >= 0.6 is 15.9 Å². The van der Waals surface area contributed by atoms with Crippen molar-refractivity contribution in [2.24, 2.45) is 0 Å². The number of pyridine rings is 1. The summed E-state index contributed by atoms with van der Waals surface area (Å²) in [7, 11) is 0.818. The third-order valence-corrected chi connectivity index (χ3v) is 2.73. The second-order valence-corrected chi connectivity index (χ2v) is 4.06. The Balaban J connectivity index is 3.58. The van der Waals surface area contributed by atoms with Crippen molar-refractivity contribution in [1.29, 1.82) is 0 Å². The van der Waals surface area contributed by atoms with E-state index >= 15 is 0 Å². The standard InChI is InChI=1S/C10H6BrF6NO3/c1-20-8(19)7-6(9(12,13)14)4(2-11)5(3-18-7)21-10(15,16)17/h3H,2H2,1H3. The van der Waals surface area contributed by atoms with Gasteiger partial charge in [-0.05, 0) is 0 Å². The van der Waals surface area contributed by atoms with Crippen LogP contribution in [0.4, 0.5) is 26.3 Å². The number of hydrogen-bond acceptors (Lipinski definition) is 4. The normalized spacial score (nSPS) is 12.2. The zero-order chi connectivity index (χ0) is 16.4. The molecule has 1 heterocycles. The Morgan fingerprint density at radius 1 is 1.29 bits per heavy atom. The van der Waals surface area contributed by atoms with Gasteiger partial charge >= 0.3 is 18.5 Å². The van der Waals surface area contributed by atoms with E-state index in [0.29, 0.717) is 6.20 Å². The number of aromatic nitrogens is 1. The molecule has 1 aromatic rings. The van der Waals surface area contributed by atoms with Gasteiger partial charge in [0.05, 0.1) is 18.9 Å². The maximum atomic E-state index is 13.0. The Bertz CT molecular complexity index is 543. The fourth-order valence-corrected chi connectivity index (χ4v) is 1.99. The van der Waals surface area contributed by atoms with Crippen LogP contribution in [0.1, 0.15) is 21.6 Å². The summed E-state index contributed by atoms with van der Waals surface area (Å²) in [6, 6.07) is 0. The van der Waals surface area contributed by atoms with E-state index in [9.17, 15) is 31.1 Å². The zero-order valence-electron chi connectivity index (χ0n) is 10.1. The highest BCUT2D eigenvalue weighted by molar-refractivity contribution is 9.08. The minimum atomic E-state index is -5.20. The van der Waals surface area contributed by atoms with Crippen molar-refractivity contribution in [1.82, 2.24) is 4.98 Å². The van der Waals surface area contributed by atoms with Crippen LogP contribution in [-0.2, 0) is 16.2 Å². The molecule has 0 bridgehead atoms. The molecule has 0 fully saturated rings. The predicted octanol–water partition coefficient (Wildman–Crippen LogP) is 3.68. The molecule has 0 aromatic carbocycles. The number of carbonyl (C=O) groups is 1. The van der Waals surface area contributed by atoms with Crippen LogP contribution in [0, 0.1) is 0 Å². The van der Waals surface area contributed by atoms with Gasteiger partial charge in [-0.25, -0.2) is 9.78 Å². The molecule has 4 nitrogen and oxygen atoms in total. The number of nitrogens with zero attached hydrogens (tertiary/aromatic N) is 1. The van der Waals surface area contributed by atoms with Crippen molar-refractivity contribution in [3.8, 4) is 5.75 Å². The molecule has 0 N–H and O–H groups in total. The Morgan fingerprint density at radius 2 is 1.86 bits per heavy atom. The Labute approximate surface area is 122 Å². The minimum Gasteiger partial charge on any atom is -0.464 e. The van der Waals surface area contributed by atoms with Crippen LogP contribution in [0.3, 0.4) is 0 Å². The van der Waals surface area contributed by atoms with Gasteiger partial charge in [0.15, 0.2) is 11.4 Å². The van der Waals surface area contributed by atoms with Crippen molar-refractivity contribution < 1.29 is 40.6 Å². The summed E-state index contributed by atoms with van der Waals surface area (Å²) in [6.45, 7) is 0. The number of alkyl halides is 7. The number of halogens is 7. The Hall–Kier alpha value is -1.52. The van der Waals surface area contributed by atoms with E-state index in [1.54, 1.807) is 0 Å². The minimum absolute atomic E-state index is 0.381. The van der Waals surface area contributed by atoms with Gasteiger partial charge in [0.2, 0.25) is 0 Å². The fourth-order valence-electron chi connectivity index (χ4n) is 1.43. The van der Waals surface area contributed by atoms with Crippen LogP contribution in [0.25, 0.3) is 0 Å². The summed E-state index contributed by atoms with van der Waals surface area (Å²) in [4.78, 5) is 14.4. The maximum Gasteiger partial charge on any atom is 0.573 e. The van der Waals surface area contributed by atoms with Crippen molar-refractivity contribution in [2.45, 2.75) is 17.9 Å². The van der Waals surface area contributed by atoms with Crippen LogP contribution in [0.2, 0.25) is 0 Å². The number of esters is 1. The van der Waals surface area contributed by atoms with E-state index in [2.05, 4.69) is 30.4 Å². The third-order valence-electron chi connectivity index (χ3n) is 2.17. The molecule has 0 saturated carbocycles. The fraction of sp³-hybridized carbons (Fsp3) is 0.400. The molecule has 0 aliphatic carbocycles. The van der Waals surface area contributed by atoms with Gasteiger partial charge in [-0.15, -0.1) is 13.2 Å². The number of hydrogen-bond donors (Lipinski definition) is 0. The highest BCUT2D eigenvalue weighted by Gasteiger charge is 2.42. The largest absolute Gasteiger partial charge is 0.573 e. The highest BCUT2D eigenvalue weighted by atomic mass is 79.9. The molecule has 0 unspecified atom stereocenters. The smallest absolute Gasteiger partial charge is 0.464 e. The topological polar surface area (TPSA) is 48.4 Å². The first kappa shape index (κ1) is 17.5. The van der Waals surface area contributed by atoms with Gasteiger partial charge in [-0.2, -0.15) is 13.2 Å². The van der Waals surface area contributed by atoms with Gasteiger partial charge in [0, 0.05) is 10.9 Å². The van der Waals surface area contributed by atoms with Gasteiger partial charge in [-0.1, -0.05) is 15.9 Å². The molecule has 21 heavy (non-hydrogen) atoms. The van der Waals surface area contributed by atoms with E-state index in [4.69, 9.17) is 0 Å². The van der Waals surface area contributed by atoms with E-state index in [1.165, 1.54) is 0 Å². The Kier molecular flexibility index (Phi) is 5.07. The molecule has 0 spiro atoms. The lowest BCUT2D eigenvalue weighted by atomic mass is 10.1. The van der Waals surface area contributed by atoms with E-state index in [-0.39, 0.29) is 0 Å². The van der Waals surface area contributed by atoms with Crippen molar-refractivity contribution in [3.05, 3.63) is 23.0 Å². The molecular formula is C10H6BrF6NO3. The lowest BCUT2D eigenvalue weighted by molar-refractivity contribution is -0.275. The van der Waals surface area contributed by atoms with Crippen molar-refractivity contribution >= 4 is 21.9 Å². The molecule has 0 aliphatic heterocycles. The lowest BCUT2D eigenvalue weighted by Crippen LogP contribution is -2.23. The van der Waals surface area contributed by atoms with Crippen molar-refractivity contribution in [3.63, 3.8) is 0 Å². The van der Waals surface area contributed by atoms with Crippen LogP contribution in [-0.4, -0.2) is 24.4 Å². The summed E-state index contributed by atoms with van der Waals surface area (Å²) < 4.78 is 83.1. The molecule has 11 heteroatoms. The second-order valence-electron chi connectivity index (χ2n) is 3.50. The van der Waals surface area contributed by atoms with E-state index < -0.39 is 46.4 Å². The first-order valence-corrected chi connectivity index (χ1v) is 6.12. The molecule has 1 aromatic heterocycles. The lowest BCUT2D eigenvalue weighted by Gasteiger charge is -2.18. The average Bonchev–Trinajstić information content (AvgIpc) is 2.34. The van der Waals surface area contributed by atoms with Crippen LogP contribution in [0.15, 0.2) is 6.20 Å². The number of carbonyl (C=O) groups excluding carboxylic acids is 1. The van der Waals surface area contributed by atoms with E-state index in [0.717, 1.165) is 7.11 Å². The molecule has 0 saturated heterocycles. The SMILES string of the molecule is COC(=O)c1ncc(OC(F)(F)F)c(CBr)c1C(F)(F)F. The van der Waals surface area contributed by atoms with E-state index in [1.807, 2.05) is 0 Å². The molecular weight excluding hydrogens is 376 g/mol. The quantitative estimate of drug-likeness (QED) is 0.455. The molecule has 118 valence electrons. The first-order valence-electron chi connectivity index (χ1n) is 5.00. The van der Waals surface area contributed by atoms with Crippen LogP contribution < -0.4 is 4.74 Å². The van der Waals surface area contributed by atoms with Gasteiger partial charge in [0.1, 0.15) is 0 Å². The molecule has 0 atom stereocenters. The van der Waals surface area contributed by atoms with Gasteiger partial charge < -0.3 is 9.47 Å². The number of ether oxygens (including phenoxy) is 2. The first-order chi connectivity index (χ1) is 9.51. The summed E-state index contributed by atoms with van der Waals surface area (Å²) >= 11 is 2.64. The highest BCUT2D eigenvalue weighted by Crippen LogP contribution is 2.40. The van der Waals surface area contributed by atoms with Crippen LogP contribution in [0.5, 0.6) is 5.75 Å². The summed E-state index contributed by atoms with van der Waals surface area (Å²) in [6.07, 6.45) is -9.94. The summed E-state index contributed by atoms with van der Waals surface area (Å²) in [5.41, 5.74) is -3.70. The molecule has 1 rings (SSSR count). The Morgan fingerprint density at radius 3 is 2.24 bits per heavy atom. The monoisotopic (exact) mass is 381 g/mol. The molecule has 0 radical (unpaired) electrons. The third kappa shape index (κ3) is 4.22. The average molecular weight is 382 g/mol. The molecule has 0 aliphatic rings. The summed E-state index contributed by atoms with van der Waals surface area (Å²) in [5.74, 6) is -2.58. The second kappa shape index (κ2) is 6.08. The molecule has 0 amide bonds. The van der Waals surface area contributed by atoms with Gasteiger partial charge in [-0.3, -0.25) is 0 Å². The van der Waals surface area contributed by atoms with Crippen molar-refractivity contribution in [2.75, 3.05) is 7.11 Å². The summed E-state index contributed by atoms with van der Waals surface area (Å²) in [5, 5.41) is -0.639. The zero-order valence-corrected chi connectivity index (χ0v) is 11.7. The predicted molar refractivity (Wildman–Crippen MR) is 59.9 cm³/mol. The number of rotatable bonds is 3.